The highest BCUT2D eigenvalue weighted by Crippen LogP contribution is 2.45. The van der Waals surface area contributed by atoms with Gasteiger partial charge in [0.25, 0.3) is 0 Å². The Morgan fingerprint density at radius 3 is 1.80 bits per heavy atom. The van der Waals surface area contributed by atoms with Crippen LogP contribution in [-0.4, -0.2) is 8.97 Å². The van der Waals surface area contributed by atoms with Gasteiger partial charge in [0.05, 0.1) is 33.3 Å². The molecule has 0 unspecified atom stereocenters. The van der Waals surface area contributed by atoms with Gasteiger partial charge in [0.2, 0.25) is 0 Å². The Morgan fingerprint density at radius 1 is 0.378 bits per heavy atom. The minimum atomic E-state index is 1.20. The summed E-state index contributed by atoms with van der Waals surface area (Å²) in [7, 11) is 0. The molecule has 0 aliphatic carbocycles. The van der Waals surface area contributed by atoms with Crippen LogP contribution in [0.15, 0.2) is 146 Å². The number of benzene rings is 7. The van der Waals surface area contributed by atoms with E-state index in [1.165, 1.54) is 96.9 Å². The second-order valence-corrected chi connectivity index (χ2v) is 13.2. The van der Waals surface area contributed by atoms with E-state index in [1.807, 2.05) is 11.3 Å². The van der Waals surface area contributed by atoms with Crippen molar-refractivity contribution < 1.29 is 0 Å². The van der Waals surface area contributed by atoms with Gasteiger partial charge in [0.1, 0.15) is 0 Å². The number of thiophene rings is 1. The van der Waals surface area contributed by atoms with Gasteiger partial charge >= 0.3 is 0 Å². The van der Waals surface area contributed by atoms with E-state index in [9.17, 15) is 0 Å². The number of nitrogens with zero attached hydrogens (tertiary/aromatic N) is 2. The highest BCUT2D eigenvalue weighted by molar-refractivity contribution is 7.25. The van der Waals surface area contributed by atoms with Crippen molar-refractivity contribution in [2.45, 2.75) is 0 Å². The third-order valence-corrected chi connectivity index (χ3v) is 11.0. The Labute approximate surface area is 261 Å². The lowest BCUT2D eigenvalue weighted by Gasteiger charge is -2.14. The zero-order valence-electron chi connectivity index (χ0n) is 24.2. The molecule has 0 saturated heterocycles. The van der Waals surface area contributed by atoms with Gasteiger partial charge in [0.15, 0.2) is 0 Å². The minimum absolute atomic E-state index is 1.20. The van der Waals surface area contributed by atoms with Crippen molar-refractivity contribution in [3.05, 3.63) is 146 Å². The Bertz CT molecular complexity index is 2990. The van der Waals surface area contributed by atoms with Gasteiger partial charge in [0, 0.05) is 58.1 Å². The molecular weight excluding hydrogens is 565 g/mol. The van der Waals surface area contributed by atoms with E-state index in [0.717, 1.165) is 0 Å². The van der Waals surface area contributed by atoms with Crippen LogP contribution in [-0.2, 0) is 0 Å². The van der Waals surface area contributed by atoms with Gasteiger partial charge < -0.3 is 8.97 Å². The number of fused-ring (bicyclic) bond motifs is 12. The van der Waals surface area contributed by atoms with Crippen molar-refractivity contribution in [2.24, 2.45) is 0 Å². The van der Waals surface area contributed by atoms with Crippen LogP contribution in [0.25, 0.3) is 96.9 Å². The van der Waals surface area contributed by atoms with Crippen molar-refractivity contribution in [2.75, 3.05) is 0 Å². The summed E-state index contributed by atoms with van der Waals surface area (Å²) in [6.45, 7) is 0. The lowest BCUT2D eigenvalue weighted by Crippen LogP contribution is -1.98. The van der Waals surface area contributed by atoms with E-state index in [2.05, 4.69) is 155 Å². The van der Waals surface area contributed by atoms with Crippen LogP contribution in [0.5, 0.6) is 0 Å². The zero-order valence-corrected chi connectivity index (χ0v) is 25.0. The van der Waals surface area contributed by atoms with Crippen LogP contribution in [0.4, 0.5) is 0 Å². The molecule has 0 saturated carbocycles. The Hall–Kier alpha value is -5.64. The summed E-state index contributed by atoms with van der Waals surface area (Å²) in [5, 5.41) is 10.4. The number of hydrogen-bond donors (Lipinski definition) is 0. The number of aromatic nitrogens is 2. The molecule has 4 heterocycles. The van der Waals surface area contributed by atoms with E-state index in [4.69, 9.17) is 0 Å². The van der Waals surface area contributed by atoms with Crippen LogP contribution in [0, 0.1) is 0 Å². The van der Waals surface area contributed by atoms with E-state index in [0.29, 0.717) is 0 Å². The zero-order chi connectivity index (χ0) is 29.2. The molecule has 0 aliphatic heterocycles. The van der Waals surface area contributed by atoms with Crippen LogP contribution < -0.4 is 0 Å². The number of para-hydroxylation sites is 5. The fourth-order valence-electron chi connectivity index (χ4n) is 8.03. The SMILES string of the molecule is c1ccc2c(c1)sc1ccc(-c3cccc4c5ccccc5n(-c5cccc6c7cccc8c9ccccc9n(c56)c87)c34)cc12. The molecular formula is C42H24N2S. The molecule has 0 bridgehead atoms. The third kappa shape index (κ3) is 2.98. The second-order valence-electron chi connectivity index (χ2n) is 12.1. The molecule has 0 atom stereocenters. The molecule has 208 valence electrons. The summed E-state index contributed by atoms with van der Waals surface area (Å²) in [4.78, 5) is 0. The van der Waals surface area contributed by atoms with Crippen molar-refractivity contribution in [3.63, 3.8) is 0 Å². The lowest BCUT2D eigenvalue weighted by molar-refractivity contribution is 1.18. The topological polar surface area (TPSA) is 9.34 Å². The molecule has 11 aromatic rings. The van der Waals surface area contributed by atoms with Gasteiger partial charge in [-0.05, 0) is 42.0 Å². The summed E-state index contributed by atoms with van der Waals surface area (Å²) in [5.74, 6) is 0. The fourth-order valence-corrected chi connectivity index (χ4v) is 9.11. The predicted molar refractivity (Wildman–Crippen MR) is 194 cm³/mol. The molecule has 0 radical (unpaired) electrons. The first-order valence-electron chi connectivity index (χ1n) is 15.5. The first-order valence-corrected chi connectivity index (χ1v) is 16.3. The Balaban J connectivity index is 1.32. The summed E-state index contributed by atoms with van der Waals surface area (Å²) < 4.78 is 7.70. The van der Waals surface area contributed by atoms with Crippen molar-refractivity contribution in [3.8, 4) is 16.8 Å². The maximum absolute atomic E-state index is 2.53. The molecule has 0 spiro atoms. The smallest absolute Gasteiger partial charge is 0.0782 e. The molecule has 11 rings (SSSR count). The third-order valence-electron chi connectivity index (χ3n) is 9.85. The minimum Gasteiger partial charge on any atom is -0.306 e. The van der Waals surface area contributed by atoms with Crippen LogP contribution in [0.2, 0.25) is 0 Å². The largest absolute Gasteiger partial charge is 0.306 e. The highest BCUT2D eigenvalue weighted by atomic mass is 32.1. The summed E-state index contributed by atoms with van der Waals surface area (Å²) >= 11 is 1.87. The van der Waals surface area contributed by atoms with Crippen molar-refractivity contribution in [1.82, 2.24) is 8.97 Å². The normalized spacial score (nSPS) is 12.4. The lowest BCUT2D eigenvalue weighted by atomic mass is 10.00. The summed E-state index contributed by atoms with van der Waals surface area (Å²) in [5.41, 5.74) is 9.96. The van der Waals surface area contributed by atoms with E-state index < -0.39 is 0 Å². The first-order chi connectivity index (χ1) is 22.3. The Kier molecular flexibility index (Phi) is 4.49. The molecule has 2 nitrogen and oxygen atoms in total. The molecule has 4 aromatic heterocycles. The van der Waals surface area contributed by atoms with E-state index in [1.54, 1.807) is 0 Å². The first kappa shape index (κ1) is 23.8. The van der Waals surface area contributed by atoms with Gasteiger partial charge in [-0.3, -0.25) is 0 Å². The molecule has 0 fully saturated rings. The highest BCUT2D eigenvalue weighted by Gasteiger charge is 2.23. The van der Waals surface area contributed by atoms with Crippen molar-refractivity contribution in [1.29, 1.82) is 0 Å². The monoisotopic (exact) mass is 588 g/mol. The van der Waals surface area contributed by atoms with Crippen molar-refractivity contribution >= 4 is 91.4 Å². The Morgan fingerprint density at radius 2 is 0.956 bits per heavy atom. The summed E-state index contributed by atoms with van der Waals surface area (Å²) in [6, 6.07) is 53.9. The fraction of sp³-hybridized carbons (Fsp3) is 0. The van der Waals surface area contributed by atoms with Gasteiger partial charge in [-0.25, -0.2) is 0 Å². The van der Waals surface area contributed by atoms with Crippen LogP contribution in [0.1, 0.15) is 0 Å². The van der Waals surface area contributed by atoms with E-state index in [-0.39, 0.29) is 0 Å². The quantitative estimate of drug-likeness (QED) is 0.190. The van der Waals surface area contributed by atoms with E-state index >= 15 is 0 Å². The molecule has 0 N–H and O–H groups in total. The average Bonchev–Trinajstić information content (AvgIpc) is 3.83. The molecule has 0 aliphatic rings. The molecule has 45 heavy (non-hydrogen) atoms. The predicted octanol–water partition coefficient (Wildman–Crippen LogP) is 12.0. The standard InChI is InChI=1S/C42H24N2S/c1-4-18-35-27(10-1)30-14-7-13-26(25-22-23-39-34(24-25)29-12-3-6-21-38(29)45-39)40(30)43(35)37-20-9-17-33-32-16-8-15-31-28-11-2-5-19-36(28)44(41(31)32)42(33)37/h1-24H. The maximum atomic E-state index is 2.53. The second kappa shape index (κ2) is 8.50. The molecule has 3 heteroatoms. The number of hydrogen-bond acceptors (Lipinski definition) is 1. The van der Waals surface area contributed by atoms with Crippen LogP contribution >= 0.6 is 11.3 Å². The number of rotatable bonds is 2. The van der Waals surface area contributed by atoms with Gasteiger partial charge in [-0.1, -0.05) is 109 Å². The van der Waals surface area contributed by atoms with Crippen LogP contribution in [0.3, 0.4) is 0 Å². The average molecular weight is 589 g/mol. The van der Waals surface area contributed by atoms with Gasteiger partial charge in [-0.15, -0.1) is 11.3 Å². The molecule has 0 amide bonds. The molecule has 7 aromatic carbocycles. The van der Waals surface area contributed by atoms with Gasteiger partial charge in [-0.2, -0.15) is 0 Å². The maximum Gasteiger partial charge on any atom is 0.0782 e. The summed E-state index contributed by atoms with van der Waals surface area (Å²) in [6.07, 6.45) is 0.